The number of thioether (sulfide) groups is 1. The van der Waals surface area contributed by atoms with Crippen molar-refractivity contribution in [2.45, 2.75) is 36.2 Å². The van der Waals surface area contributed by atoms with E-state index in [1.807, 2.05) is 25.6 Å². The molecule has 2 rings (SSSR count). The van der Waals surface area contributed by atoms with Crippen LogP contribution in [0.3, 0.4) is 0 Å². The Labute approximate surface area is 129 Å². The quantitative estimate of drug-likeness (QED) is 0.845. The van der Waals surface area contributed by atoms with Crippen molar-refractivity contribution in [3.8, 4) is 0 Å². The summed E-state index contributed by atoms with van der Waals surface area (Å²) in [5.41, 5.74) is 6.95. The van der Waals surface area contributed by atoms with Crippen molar-refractivity contribution in [2.75, 3.05) is 18.8 Å². The van der Waals surface area contributed by atoms with Gasteiger partial charge in [0.15, 0.2) is 0 Å². The maximum absolute atomic E-state index is 12.7. The maximum atomic E-state index is 12.7. The molecular weight excluding hydrogens is 316 g/mol. The highest BCUT2D eigenvalue weighted by atomic mass is 35.5. The molecule has 112 valence electrons. The molecule has 1 aliphatic heterocycles. The number of hydrogen-bond acceptors (Lipinski definition) is 4. The molecule has 0 aromatic heterocycles. The fourth-order valence-electron chi connectivity index (χ4n) is 2.30. The molecule has 1 heterocycles. The van der Waals surface area contributed by atoms with Crippen molar-refractivity contribution in [1.82, 2.24) is 4.31 Å². The molecule has 0 amide bonds. The van der Waals surface area contributed by atoms with E-state index in [2.05, 4.69) is 0 Å². The minimum Gasteiger partial charge on any atom is -0.398 e. The normalized spacial score (nSPS) is 24.8. The van der Waals surface area contributed by atoms with Crippen LogP contribution in [0.1, 0.15) is 19.4 Å². The summed E-state index contributed by atoms with van der Waals surface area (Å²) in [5.74, 6) is 0. The standard InChI is InChI=1S/C13H19ClN2O2S2/c1-8-6-16(7-9(2)19-8)20(17,18)11-4-12(14)10(3)13(15)5-11/h4-5,8-9H,6-7,15H2,1-3H3. The summed E-state index contributed by atoms with van der Waals surface area (Å²) in [5, 5.41) is 0.953. The molecule has 2 N–H and O–H groups in total. The number of nitrogen functional groups attached to an aromatic ring is 1. The lowest BCUT2D eigenvalue weighted by atomic mass is 10.2. The second kappa shape index (κ2) is 5.75. The third-order valence-electron chi connectivity index (χ3n) is 3.38. The second-order valence-electron chi connectivity index (χ2n) is 5.20. The minimum atomic E-state index is -3.53. The number of rotatable bonds is 2. The van der Waals surface area contributed by atoms with Crippen LogP contribution in [0.4, 0.5) is 5.69 Å². The molecule has 1 aromatic carbocycles. The van der Waals surface area contributed by atoms with Gasteiger partial charge in [0.25, 0.3) is 0 Å². The lowest BCUT2D eigenvalue weighted by Gasteiger charge is -2.33. The van der Waals surface area contributed by atoms with Crippen LogP contribution in [0, 0.1) is 6.92 Å². The lowest BCUT2D eigenvalue weighted by molar-refractivity contribution is 0.405. The molecule has 1 aliphatic rings. The highest BCUT2D eigenvalue weighted by Crippen LogP contribution is 2.31. The molecule has 4 nitrogen and oxygen atoms in total. The summed E-state index contributed by atoms with van der Waals surface area (Å²) in [7, 11) is -3.53. The number of sulfonamides is 1. The van der Waals surface area contributed by atoms with Crippen LogP contribution >= 0.6 is 23.4 Å². The molecule has 1 aromatic rings. The van der Waals surface area contributed by atoms with Crippen molar-refractivity contribution < 1.29 is 8.42 Å². The Hall–Kier alpha value is -0.430. The Balaban J connectivity index is 2.40. The number of nitrogens with zero attached hydrogens (tertiary/aromatic N) is 1. The zero-order valence-electron chi connectivity index (χ0n) is 11.8. The van der Waals surface area contributed by atoms with Crippen LogP contribution < -0.4 is 5.73 Å². The fourth-order valence-corrected chi connectivity index (χ4v) is 5.78. The number of halogens is 1. The van der Waals surface area contributed by atoms with Crippen LogP contribution in [0.15, 0.2) is 17.0 Å². The van der Waals surface area contributed by atoms with Crippen LogP contribution in [-0.2, 0) is 10.0 Å². The molecule has 1 saturated heterocycles. The average Bonchev–Trinajstić information content (AvgIpc) is 2.34. The van der Waals surface area contributed by atoms with Gasteiger partial charge in [0.1, 0.15) is 0 Å². The number of hydrogen-bond donors (Lipinski definition) is 1. The van der Waals surface area contributed by atoms with Gasteiger partial charge in [-0.05, 0) is 24.6 Å². The lowest BCUT2D eigenvalue weighted by Crippen LogP contribution is -2.43. The first-order valence-corrected chi connectivity index (χ1v) is 9.19. The van der Waals surface area contributed by atoms with Crippen molar-refractivity contribution >= 4 is 39.1 Å². The van der Waals surface area contributed by atoms with E-state index in [4.69, 9.17) is 17.3 Å². The zero-order valence-corrected chi connectivity index (χ0v) is 14.1. The first kappa shape index (κ1) is 15.9. The van der Waals surface area contributed by atoms with Crippen LogP contribution in [0.25, 0.3) is 0 Å². The molecule has 2 atom stereocenters. The predicted octanol–water partition coefficient (Wildman–Crippen LogP) is 2.75. The summed E-state index contributed by atoms with van der Waals surface area (Å²) in [6.07, 6.45) is 0. The van der Waals surface area contributed by atoms with Crippen molar-refractivity contribution in [3.63, 3.8) is 0 Å². The van der Waals surface area contributed by atoms with E-state index in [0.717, 1.165) is 0 Å². The van der Waals surface area contributed by atoms with Gasteiger partial charge in [-0.1, -0.05) is 25.4 Å². The monoisotopic (exact) mass is 334 g/mol. The van der Waals surface area contributed by atoms with Crippen molar-refractivity contribution in [1.29, 1.82) is 0 Å². The van der Waals surface area contributed by atoms with Crippen molar-refractivity contribution in [2.24, 2.45) is 0 Å². The molecular formula is C13H19ClN2O2S2. The predicted molar refractivity (Wildman–Crippen MR) is 85.9 cm³/mol. The summed E-state index contributed by atoms with van der Waals surface area (Å²) in [4.78, 5) is 0.178. The van der Waals surface area contributed by atoms with E-state index in [9.17, 15) is 8.42 Å². The van der Waals surface area contributed by atoms with Gasteiger partial charge in [0.05, 0.1) is 4.90 Å². The Morgan fingerprint density at radius 3 is 2.35 bits per heavy atom. The molecule has 0 saturated carbocycles. The van der Waals surface area contributed by atoms with Crippen LogP contribution in [-0.4, -0.2) is 36.3 Å². The first-order valence-electron chi connectivity index (χ1n) is 6.43. The minimum absolute atomic E-state index is 0.178. The van der Waals surface area contributed by atoms with Gasteiger partial charge in [-0.2, -0.15) is 16.1 Å². The van der Waals surface area contributed by atoms with Gasteiger partial charge in [-0.15, -0.1) is 0 Å². The van der Waals surface area contributed by atoms with Gasteiger partial charge >= 0.3 is 0 Å². The van der Waals surface area contributed by atoms with Gasteiger partial charge < -0.3 is 5.73 Å². The molecule has 20 heavy (non-hydrogen) atoms. The summed E-state index contributed by atoms with van der Waals surface area (Å²) in [6, 6.07) is 2.98. The number of anilines is 1. The van der Waals surface area contributed by atoms with E-state index < -0.39 is 10.0 Å². The molecule has 7 heteroatoms. The summed E-state index contributed by atoms with van der Waals surface area (Å²) >= 11 is 7.86. The number of nitrogens with two attached hydrogens (primary N) is 1. The third-order valence-corrected chi connectivity index (χ3v) is 6.81. The van der Waals surface area contributed by atoms with E-state index >= 15 is 0 Å². The average molecular weight is 335 g/mol. The highest BCUT2D eigenvalue weighted by molar-refractivity contribution is 8.00. The van der Waals surface area contributed by atoms with Gasteiger partial charge in [-0.25, -0.2) is 8.42 Å². The molecule has 0 aliphatic carbocycles. The topological polar surface area (TPSA) is 63.4 Å². The zero-order chi connectivity index (χ0) is 15.1. The molecule has 0 bridgehead atoms. The third kappa shape index (κ3) is 3.08. The van der Waals surface area contributed by atoms with Crippen LogP contribution in [0.2, 0.25) is 5.02 Å². The molecule has 0 spiro atoms. The first-order chi connectivity index (χ1) is 9.21. The molecule has 0 radical (unpaired) electrons. The Kier molecular flexibility index (Phi) is 4.59. The summed E-state index contributed by atoms with van der Waals surface area (Å²) < 4.78 is 26.9. The van der Waals surface area contributed by atoms with E-state index in [1.54, 1.807) is 6.92 Å². The SMILES string of the molecule is Cc1c(N)cc(S(=O)(=O)N2CC(C)SC(C)C2)cc1Cl. The van der Waals surface area contributed by atoms with Crippen LogP contribution in [0.5, 0.6) is 0 Å². The number of benzene rings is 1. The summed E-state index contributed by atoms with van der Waals surface area (Å²) in [6.45, 7) is 6.89. The fraction of sp³-hybridized carbons (Fsp3) is 0.538. The van der Waals surface area contributed by atoms with Gasteiger partial charge in [0, 0.05) is 34.3 Å². The van der Waals surface area contributed by atoms with E-state index in [0.29, 0.717) is 29.4 Å². The van der Waals surface area contributed by atoms with Gasteiger partial charge in [0.2, 0.25) is 10.0 Å². The second-order valence-corrected chi connectivity index (χ2v) is 9.43. The smallest absolute Gasteiger partial charge is 0.243 e. The van der Waals surface area contributed by atoms with Crippen molar-refractivity contribution in [3.05, 3.63) is 22.7 Å². The maximum Gasteiger partial charge on any atom is 0.243 e. The van der Waals surface area contributed by atoms with E-state index in [-0.39, 0.29) is 15.4 Å². The molecule has 1 fully saturated rings. The largest absolute Gasteiger partial charge is 0.398 e. The van der Waals surface area contributed by atoms with Gasteiger partial charge in [-0.3, -0.25) is 0 Å². The van der Waals surface area contributed by atoms with E-state index in [1.165, 1.54) is 16.4 Å². The Morgan fingerprint density at radius 1 is 1.30 bits per heavy atom. The highest BCUT2D eigenvalue weighted by Gasteiger charge is 2.32. The molecule has 2 unspecified atom stereocenters. The Bertz CT molecular complexity index is 586. The Morgan fingerprint density at radius 2 is 1.85 bits per heavy atom.